The van der Waals surface area contributed by atoms with E-state index in [4.69, 9.17) is 5.11 Å². The standard InChI is InChI=1S/C12H17NO2S/c1-9-5-7-16-11(9)8-13(10-2-3-10)6-4-12(14)15/h5,7,10H,2-4,6,8H2,1H3,(H,14,15). The van der Waals surface area contributed by atoms with Gasteiger partial charge in [-0.2, -0.15) is 0 Å². The van der Waals surface area contributed by atoms with E-state index < -0.39 is 5.97 Å². The summed E-state index contributed by atoms with van der Waals surface area (Å²) in [5.41, 5.74) is 1.32. The van der Waals surface area contributed by atoms with Crippen molar-refractivity contribution in [2.45, 2.75) is 38.8 Å². The maximum atomic E-state index is 10.6. The summed E-state index contributed by atoms with van der Waals surface area (Å²) >= 11 is 1.77. The van der Waals surface area contributed by atoms with Crippen molar-refractivity contribution in [3.8, 4) is 0 Å². The van der Waals surface area contributed by atoms with Crippen LogP contribution in [0, 0.1) is 6.92 Å². The van der Waals surface area contributed by atoms with Crippen LogP contribution in [0.4, 0.5) is 0 Å². The molecule has 0 bridgehead atoms. The highest BCUT2D eigenvalue weighted by molar-refractivity contribution is 7.10. The summed E-state index contributed by atoms with van der Waals surface area (Å²) < 4.78 is 0. The molecule has 0 aromatic carbocycles. The molecule has 1 aliphatic carbocycles. The number of nitrogens with zero attached hydrogens (tertiary/aromatic N) is 1. The molecule has 3 nitrogen and oxygen atoms in total. The molecule has 0 unspecified atom stereocenters. The normalized spacial score (nSPS) is 15.6. The molecule has 88 valence electrons. The van der Waals surface area contributed by atoms with Gasteiger partial charge < -0.3 is 5.11 Å². The van der Waals surface area contributed by atoms with Crippen LogP contribution in [0.15, 0.2) is 11.4 Å². The molecule has 1 aromatic rings. The molecule has 1 heterocycles. The van der Waals surface area contributed by atoms with Crippen molar-refractivity contribution in [3.63, 3.8) is 0 Å². The van der Waals surface area contributed by atoms with Gasteiger partial charge in [-0.15, -0.1) is 11.3 Å². The van der Waals surface area contributed by atoms with Gasteiger partial charge in [0.2, 0.25) is 0 Å². The van der Waals surface area contributed by atoms with Crippen molar-refractivity contribution in [2.75, 3.05) is 6.54 Å². The van der Waals surface area contributed by atoms with Gasteiger partial charge in [0.15, 0.2) is 0 Å². The lowest BCUT2D eigenvalue weighted by Gasteiger charge is -2.20. The third kappa shape index (κ3) is 3.06. The first-order valence-electron chi connectivity index (χ1n) is 5.65. The van der Waals surface area contributed by atoms with Gasteiger partial charge in [-0.25, -0.2) is 0 Å². The van der Waals surface area contributed by atoms with Gasteiger partial charge in [-0.05, 0) is 36.8 Å². The number of hydrogen-bond donors (Lipinski definition) is 1. The second kappa shape index (κ2) is 4.97. The Kier molecular flexibility index (Phi) is 3.61. The fourth-order valence-electron chi connectivity index (χ4n) is 1.82. The van der Waals surface area contributed by atoms with E-state index in [2.05, 4.69) is 23.3 Å². The number of rotatable bonds is 6. The van der Waals surface area contributed by atoms with Crippen LogP contribution in [0.2, 0.25) is 0 Å². The lowest BCUT2D eigenvalue weighted by molar-refractivity contribution is -0.137. The first-order valence-corrected chi connectivity index (χ1v) is 6.53. The van der Waals surface area contributed by atoms with Crippen molar-refractivity contribution in [1.29, 1.82) is 0 Å². The van der Waals surface area contributed by atoms with Crippen LogP contribution in [-0.4, -0.2) is 28.6 Å². The lowest BCUT2D eigenvalue weighted by Crippen LogP contribution is -2.28. The Bertz CT molecular complexity index is 371. The van der Waals surface area contributed by atoms with E-state index in [1.54, 1.807) is 11.3 Å². The molecule has 16 heavy (non-hydrogen) atoms. The van der Waals surface area contributed by atoms with Crippen molar-refractivity contribution in [3.05, 3.63) is 21.9 Å². The minimum atomic E-state index is -0.700. The Balaban J connectivity index is 1.92. The summed E-state index contributed by atoms with van der Waals surface area (Å²) in [5.74, 6) is -0.700. The van der Waals surface area contributed by atoms with Crippen LogP contribution in [-0.2, 0) is 11.3 Å². The number of aliphatic carboxylic acids is 1. The van der Waals surface area contributed by atoms with E-state index >= 15 is 0 Å². The van der Waals surface area contributed by atoms with Gasteiger partial charge in [0.1, 0.15) is 0 Å². The Hall–Kier alpha value is -0.870. The Morgan fingerprint density at radius 2 is 2.38 bits per heavy atom. The van der Waals surface area contributed by atoms with Crippen LogP contribution < -0.4 is 0 Å². The van der Waals surface area contributed by atoms with Gasteiger partial charge >= 0.3 is 5.97 Å². The van der Waals surface area contributed by atoms with Crippen LogP contribution in [0.3, 0.4) is 0 Å². The summed E-state index contributed by atoms with van der Waals surface area (Å²) in [6, 6.07) is 2.75. The van der Waals surface area contributed by atoms with Crippen molar-refractivity contribution in [2.24, 2.45) is 0 Å². The van der Waals surface area contributed by atoms with E-state index in [0.717, 1.165) is 6.54 Å². The monoisotopic (exact) mass is 239 g/mol. The molecular weight excluding hydrogens is 222 g/mol. The minimum Gasteiger partial charge on any atom is -0.481 e. The summed E-state index contributed by atoms with van der Waals surface area (Å²) in [7, 11) is 0. The molecule has 1 N–H and O–H groups in total. The largest absolute Gasteiger partial charge is 0.481 e. The quantitative estimate of drug-likeness (QED) is 0.829. The molecule has 0 radical (unpaired) electrons. The number of thiophene rings is 1. The topological polar surface area (TPSA) is 40.5 Å². The molecule has 1 saturated carbocycles. The van der Waals surface area contributed by atoms with Gasteiger partial charge in [-0.3, -0.25) is 9.69 Å². The number of carboxylic acid groups (broad SMARTS) is 1. The maximum absolute atomic E-state index is 10.6. The van der Waals surface area contributed by atoms with Gasteiger partial charge in [0.25, 0.3) is 0 Å². The molecule has 0 aliphatic heterocycles. The number of hydrogen-bond acceptors (Lipinski definition) is 3. The third-order valence-corrected chi connectivity index (χ3v) is 4.00. The fourth-order valence-corrected chi connectivity index (χ4v) is 2.75. The highest BCUT2D eigenvalue weighted by atomic mass is 32.1. The predicted molar refractivity (Wildman–Crippen MR) is 64.7 cm³/mol. The number of carboxylic acids is 1. The van der Waals surface area contributed by atoms with E-state index in [0.29, 0.717) is 12.6 Å². The summed E-state index contributed by atoms with van der Waals surface area (Å²) in [6.07, 6.45) is 2.70. The molecule has 0 spiro atoms. The third-order valence-electron chi connectivity index (χ3n) is 2.99. The summed E-state index contributed by atoms with van der Waals surface area (Å²) in [4.78, 5) is 14.3. The molecule has 1 aromatic heterocycles. The lowest BCUT2D eigenvalue weighted by atomic mass is 10.2. The fraction of sp³-hybridized carbons (Fsp3) is 0.583. The zero-order valence-corrected chi connectivity index (χ0v) is 10.3. The van der Waals surface area contributed by atoms with Crippen molar-refractivity contribution in [1.82, 2.24) is 4.90 Å². The molecule has 4 heteroatoms. The van der Waals surface area contributed by atoms with E-state index in [-0.39, 0.29) is 6.42 Å². The first-order chi connectivity index (χ1) is 7.66. The van der Waals surface area contributed by atoms with Crippen molar-refractivity contribution >= 4 is 17.3 Å². The summed E-state index contributed by atoms with van der Waals surface area (Å²) in [6.45, 7) is 3.72. The smallest absolute Gasteiger partial charge is 0.304 e. The maximum Gasteiger partial charge on any atom is 0.304 e. The SMILES string of the molecule is Cc1ccsc1CN(CCC(=O)O)C1CC1. The molecule has 0 atom stereocenters. The van der Waals surface area contributed by atoms with E-state index in [1.165, 1.54) is 23.3 Å². The van der Waals surface area contributed by atoms with E-state index in [9.17, 15) is 4.79 Å². The van der Waals surface area contributed by atoms with Crippen LogP contribution in [0.25, 0.3) is 0 Å². The van der Waals surface area contributed by atoms with Gasteiger partial charge in [-0.1, -0.05) is 0 Å². The van der Waals surface area contributed by atoms with Crippen LogP contribution in [0.1, 0.15) is 29.7 Å². The molecule has 2 rings (SSSR count). The first kappa shape index (κ1) is 11.6. The Labute approximate surface area is 99.7 Å². The molecule has 0 amide bonds. The van der Waals surface area contributed by atoms with Crippen LogP contribution >= 0.6 is 11.3 Å². The second-order valence-electron chi connectivity index (χ2n) is 4.37. The second-order valence-corrected chi connectivity index (χ2v) is 5.37. The molecule has 1 fully saturated rings. The van der Waals surface area contributed by atoms with E-state index in [1.807, 2.05) is 0 Å². The van der Waals surface area contributed by atoms with Gasteiger partial charge in [0, 0.05) is 24.0 Å². The minimum absolute atomic E-state index is 0.251. The van der Waals surface area contributed by atoms with Crippen molar-refractivity contribution < 1.29 is 9.90 Å². The Morgan fingerprint density at radius 1 is 1.62 bits per heavy atom. The number of aryl methyl sites for hydroxylation is 1. The van der Waals surface area contributed by atoms with Crippen LogP contribution in [0.5, 0.6) is 0 Å². The predicted octanol–water partition coefficient (Wildman–Crippen LogP) is 2.50. The molecular formula is C12H17NO2S. The average Bonchev–Trinajstić information content (AvgIpc) is 2.99. The zero-order chi connectivity index (χ0) is 11.5. The highest BCUT2D eigenvalue weighted by Crippen LogP contribution is 2.30. The zero-order valence-electron chi connectivity index (χ0n) is 9.48. The molecule has 0 saturated heterocycles. The summed E-state index contributed by atoms with van der Waals surface area (Å²) in [5, 5.41) is 10.8. The molecule has 1 aliphatic rings. The average molecular weight is 239 g/mol. The Morgan fingerprint density at radius 3 is 2.88 bits per heavy atom. The van der Waals surface area contributed by atoms with Gasteiger partial charge in [0.05, 0.1) is 6.42 Å². The highest BCUT2D eigenvalue weighted by Gasteiger charge is 2.29. The number of carbonyl (C=O) groups is 1.